The van der Waals surface area contributed by atoms with Crippen LogP contribution in [0.1, 0.15) is 43.0 Å². The van der Waals surface area contributed by atoms with Crippen molar-refractivity contribution in [3.8, 4) is 11.3 Å². The Morgan fingerprint density at radius 2 is 1.59 bits per heavy atom. The number of rotatable bonds is 2. The van der Waals surface area contributed by atoms with Crippen LogP contribution in [0.3, 0.4) is 0 Å². The van der Waals surface area contributed by atoms with Gasteiger partial charge in [-0.05, 0) is 73.1 Å². The zero-order chi connectivity index (χ0) is 22.8. The normalized spacial score (nSPS) is 12.3. The van der Waals surface area contributed by atoms with Gasteiger partial charge in [-0.1, -0.05) is 45.0 Å². The molecule has 0 bridgehead atoms. The van der Waals surface area contributed by atoms with Crippen LogP contribution in [0.15, 0.2) is 59.0 Å². The van der Waals surface area contributed by atoms with E-state index in [0.717, 1.165) is 17.6 Å². The lowest BCUT2D eigenvalue weighted by Crippen LogP contribution is -2.33. The highest BCUT2D eigenvalue weighted by molar-refractivity contribution is 6.10. The van der Waals surface area contributed by atoms with Crippen molar-refractivity contribution in [3.05, 3.63) is 76.9 Å². The van der Waals surface area contributed by atoms with E-state index in [4.69, 9.17) is 4.42 Å². The van der Waals surface area contributed by atoms with Crippen LogP contribution in [0.25, 0.3) is 44.1 Å². The fourth-order valence-corrected chi connectivity index (χ4v) is 5.01. The Balaban J connectivity index is 1.93. The smallest absolute Gasteiger partial charge is 0.217 e. The molecule has 0 aliphatic rings. The number of pyridine rings is 1. The first-order valence-electron chi connectivity index (χ1n) is 11.5. The van der Waals surface area contributed by atoms with Gasteiger partial charge in [-0.25, -0.2) is 0 Å². The molecule has 0 aliphatic heterocycles. The van der Waals surface area contributed by atoms with Crippen LogP contribution in [-0.2, 0) is 13.5 Å². The Kier molecular flexibility index (Phi) is 4.67. The van der Waals surface area contributed by atoms with Crippen molar-refractivity contribution in [1.29, 1.82) is 0 Å². The molecule has 0 saturated heterocycles. The molecular weight excluding hydrogens is 390 g/mol. The summed E-state index contributed by atoms with van der Waals surface area (Å²) >= 11 is 0. The van der Waals surface area contributed by atoms with Crippen LogP contribution in [0.5, 0.6) is 0 Å². The van der Waals surface area contributed by atoms with Gasteiger partial charge >= 0.3 is 0 Å². The fraction of sp³-hybridized carbons (Fsp3) is 0.300. The van der Waals surface area contributed by atoms with E-state index >= 15 is 0 Å². The van der Waals surface area contributed by atoms with Gasteiger partial charge in [-0.2, -0.15) is 4.57 Å². The molecule has 2 nitrogen and oxygen atoms in total. The maximum absolute atomic E-state index is 6.49. The SMILES string of the molecule is Cc1ccc2c(CC(C)(C)C)cc(-c3c(C)c(C)cc4c3oc3ccccc34)[n+](C)c2c1. The molecule has 32 heavy (non-hydrogen) atoms. The molecule has 0 fully saturated rings. The maximum atomic E-state index is 6.49. The highest BCUT2D eigenvalue weighted by atomic mass is 16.3. The van der Waals surface area contributed by atoms with Crippen LogP contribution in [0, 0.1) is 26.2 Å². The van der Waals surface area contributed by atoms with E-state index in [1.807, 2.05) is 6.07 Å². The lowest BCUT2D eigenvalue weighted by Gasteiger charge is -2.20. The summed E-state index contributed by atoms with van der Waals surface area (Å²) in [6.45, 7) is 13.5. The van der Waals surface area contributed by atoms with E-state index in [2.05, 4.69) is 102 Å². The molecule has 3 aromatic carbocycles. The monoisotopic (exact) mass is 422 g/mol. The largest absolute Gasteiger partial charge is 0.455 e. The second kappa shape index (κ2) is 7.20. The van der Waals surface area contributed by atoms with Gasteiger partial charge in [-0.3, -0.25) is 0 Å². The number of benzene rings is 3. The molecule has 0 spiro atoms. The Morgan fingerprint density at radius 1 is 0.844 bits per heavy atom. The summed E-state index contributed by atoms with van der Waals surface area (Å²) in [5, 5.41) is 3.71. The van der Waals surface area contributed by atoms with Crippen molar-refractivity contribution < 1.29 is 8.98 Å². The van der Waals surface area contributed by atoms with Crippen molar-refractivity contribution in [2.45, 2.75) is 48.0 Å². The quantitative estimate of drug-likeness (QED) is 0.266. The van der Waals surface area contributed by atoms with Gasteiger partial charge in [0.1, 0.15) is 18.2 Å². The number of para-hydroxylation sites is 1. The van der Waals surface area contributed by atoms with Crippen molar-refractivity contribution in [1.82, 2.24) is 0 Å². The first kappa shape index (κ1) is 20.8. The molecule has 2 heteroatoms. The molecule has 5 rings (SSSR count). The third-order valence-electron chi connectivity index (χ3n) is 6.70. The number of fused-ring (bicyclic) bond motifs is 4. The lowest BCUT2D eigenvalue weighted by atomic mass is 9.85. The molecule has 0 aliphatic carbocycles. The molecule has 2 aromatic heterocycles. The molecule has 2 heterocycles. The van der Waals surface area contributed by atoms with Crippen LogP contribution in [0.4, 0.5) is 0 Å². The molecule has 0 saturated carbocycles. The molecule has 0 N–H and O–H groups in total. The van der Waals surface area contributed by atoms with Crippen LogP contribution >= 0.6 is 0 Å². The predicted molar refractivity (Wildman–Crippen MR) is 135 cm³/mol. The van der Waals surface area contributed by atoms with Crippen molar-refractivity contribution >= 4 is 32.8 Å². The summed E-state index contributed by atoms with van der Waals surface area (Å²) in [6.07, 6.45) is 1.02. The first-order chi connectivity index (χ1) is 15.1. The summed E-state index contributed by atoms with van der Waals surface area (Å²) in [6, 6.07) is 19.9. The van der Waals surface area contributed by atoms with E-state index < -0.39 is 0 Å². The van der Waals surface area contributed by atoms with E-state index in [1.54, 1.807) is 0 Å². The van der Waals surface area contributed by atoms with Gasteiger partial charge < -0.3 is 4.42 Å². The highest BCUT2D eigenvalue weighted by Crippen LogP contribution is 2.39. The number of hydrogen-bond donors (Lipinski definition) is 0. The fourth-order valence-electron chi connectivity index (χ4n) is 5.01. The molecule has 5 aromatic rings. The van der Waals surface area contributed by atoms with E-state index in [0.29, 0.717) is 0 Å². The molecule has 0 unspecified atom stereocenters. The Morgan fingerprint density at radius 3 is 2.34 bits per heavy atom. The number of nitrogens with zero attached hydrogens (tertiary/aromatic N) is 1. The lowest BCUT2D eigenvalue weighted by molar-refractivity contribution is -0.633. The summed E-state index contributed by atoms with van der Waals surface area (Å²) in [5.41, 5.74) is 11.1. The maximum Gasteiger partial charge on any atom is 0.217 e. The van der Waals surface area contributed by atoms with E-state index in [1.165, 1.54) is 55.2 Å². The molecule has 0 atom stereocenters. The van der Waals surface area contributed by atoms with Crippen molar-refractivity contribution in [2.24, 2.45) is 12.5 Å². The molecule has 0 radical (unpaired) electrons. The van der Waals surface area contributed by atoms with Crippen molar-refractivity contribution in [3.63, 3.8) is 0 Å². The van der Waals surface area contributed by atoms with Crippen LogP contribution < -0.4 is 4.57 Å². The highest BCUT2D eigenvalue weighted by Gasteiger charge is 2.26. The van der Waals surface area contributed by atoms with Gasteiger partial charge in [0.2, 0.25) is 11.2 Å². The molecule has 162 valence electrons. The van der Waals surface area contributed by atoms with Gasteiger partial charge in [0.05, 0.1) is 5.56 Å². The second-order valence-electron chi connectivity index (χ2n) is 10.5. The number of hydrogen-bond acceptors (Lipinski definition) is 1. The Bertz CT molecular complexity index is 1510. The number of aryl methyl sites for hydroxylation is 3. The number of aromatic nitrogens is 1. The van der Waals surface area contributed by atoms with E-state index in [-0.39, 0.29) is 5.41 Å². The van der Waals surface area contributed by atoms with Gasteiger partial charge in [0.25, 0.3) is 0 Å². The topological polar surface area (TPSA) is 17.0 Å². The minimum Gasteiger partial charge on any atom is -0.455 e. The van der Waals surface area contributed by atoms with Crippen LogP contribution in [0.2, 0.25) is 0 Å². The molecular formula is C30H32NO+. The van der Waals surface area contributed by atoms with Gasteiger partial charge in [0.15, 0.2) is 0 Å². The summed E-state index contributed by atoms with van der Waals surface area (Å²) in [7, 11) is 2.19. The zero-order valence-corrected chi connectivity index (χ0v) is 20.3. The average molecular weight is 423 g/mol. The van der Waals surface area contributed by atoms with Crippen molar-refractivity contribution in [2.75, 3.05) is 0 Å². The predicted octanol–water partition coefficient (Wildman–Crippen LogP) is 7.74. The first-order valence-corrected chi connectivity index (χ1v) is 11.5. The summed E-state index contributed by atoms with van der Waals surface area (Å²) in [4.78, 5) is 0. The third kappa shape index (κ3) is 3.30. The minimum atomic E-state index is 0.200. The summed E-state index contributed by atoms with van der Waals surface area (Å²) in [5.74, 6) is 0. The Hall–Kier alpha value is -3.13. The third-order valence-corrected chi connectivity index (χ3v) is 6.70. The van der Waals surface area contributed by atoms with Crippen LogP contribution in [-0.4, -0.2) is 0 Å². The van der Waals surface area contributed by atoms with Gasteiger partial charge in [0, 0.05) is 28.3 Å². The number of furan rings is 1. The Labute approximate surface area is 190 Å². The van der Waals surface area contributed by atoms with E-state index in [9.17, 15) is 0 Å². The second-order valence-corrected chi connectivity index (χ2v) is 10.5. The standard InChI is InChI=1S/C30H32NO/c1-18-12-13-22-21(17-30(4,5)6)16-26(31(7)25(22)14-18)28-20(3)19(2)15-24-23-10-8-9-11-27(23)32-29(24)28/h8-16H,17H2,1-7H3/q+1. The molecule has 0 amide bonds. The van der Waals surface area contributed by atoms with Gasteiger partial charge in [-0.15, -0.1) is 0 Å². The minimum absolute atomic E-state index is 0.200. The average Bonchev–Trinajstić information content (AvgIpc) is 3.08. The zero-order valence-electron chi connectivity index (χ0n) is 20.3. The summed E-state index contributed by atoms with van der Waals surface area (Å²) < 4.78 is 8.84.